The first-order valence-electron chi connectivity index (χ1n) is 6.60. The molecule has 0 unspecified atom stereocenters. The minimum atomic E-state index is 0.113. The van der Waals surface area contributed by atoms with Crippen molar-refractivity contribution in [2.75, 3.05) is 25.5 Å². The summed E-state index contributed by atoms with van der Waals surface area (Å²) >= 11 is 1.54. The number of amides is 1. The summed E-state index contributed by atoms with van der Waals surface area (Å²) in [7, 11) is 0. The highest BCUT2D eigenvalue weighted by Crippen LogP contribution is 2.16. The van der Waals surface area contributed by atoms with Gasteiger partial charge in [-0.1, -0.05) is 11.8 Å². The quantitative estimate of drug-likeness (QED) is 0.605. The van der Waals surface area contributed by atoms with Crippen LogP contribution >= 0.6 is 11.8 Å². The van der Waals surface area contributed by atoms with E-state index in [9.17, 15) is 4.79 Å². The fraction of sp³-hybridized carbons (Fsp3) is 0.750. The molecule has 0 aromatic carbocycles. The van der Waals surface area contributed by atoms with Crippen LogP contribution in [-0.4, -0.2) is 46.6 Å². The largest absolute Gasteiger partial charge is 0.381 e. The monoisotopic (exact) mass is 284 g/mol. The van der Waals surface area contributed by atoms with Crippen molar-refractivity contribution in [1.29, 1.82) is 0 Å². The predicted molar refractivity (Wildman–Crippen MR) is 73.0 cm³/mol. The molecule has 0 radical (unpaired) electrons. The number of carbonyl (C=O) groups is 1. The Labute approximate surface area is 117 Å². The topological polar surface area (TPSA) is 79.9 Å². The van der Waals surface area contributed by atoms with E-state index < -0.39 is 0 Å². The third-order valence-corrected chi connectivity index (χ3v) is 3.81. The number of rotatable bonds is 6. The molecule has 2 N–H and O–H groups in total. The van der Waals surface area contributed by atoms with Crippen molar-refractivity contribution >= 4 is 17.7 Å². The first kappa shape index (κ1) is 14.3. The molecular weight excluding hydrogens is 264 g/mol. The van der Waals surface area contributed by atoms with E-state index in [1.807, 2.05) is 6.92 Å². The van der Waals surface area contributed by atoms with Crippen molar-refractivity contribution < 1.29 is 9.53 Å². The van der Waals surface area contributed by atoms with Crippen LogP contribution in [0.25, 0.3) is 0 Å². The zero-order valence-corrected chi connectivity index (χ0v) is 12.0. The lowest BCUT2D eigenvalue weighted by molar-refractivity contribution is -0.122. The lowest BCUT2D eigenvalue weighted by atomic mass is 9.98. The molecule has 1 saturated heterocycles. The molecule has 2 heterocycles. The molecule has 1 aromatic heterocycles. The molecule has 1 amide bonds. The average molecular weight is 284 g/mol. The number of H-pyrrole nitrogens is 1. The van der Waals surface area contributed by atoms with Crippen molar-refractivity contribution in [3.63, 3.8) is 0 Å². The van der Waals surface area contributed by atoms with Crippen LogP contribution in [0.5, 0.6) is 0 Å². The van der Waals surface area contributed by atoms with Crippen LogP contribution in [0, 0.1) is 12.8 Å². The van der Waals surface area contributed by atoms with Gasteiger partial charge in [-0.25, -0.2) is 4.98 Å². The molecule has 1 atom stereocenters. The first-order valence-corrected chi connectivity index (χ1v) is 7.59. The summed E-state index contributed by atoms with van der Waals surface area (Å²) in [6.07, 6.45) is 2.74. The van der Waals surface area contributed by atoms with Gasteiger partial charge in [0.05, 0.1) is 0 Å². The summed E-state index contributed by atoms with van der Waals surface area (Å²) in [5, 5.41) is 10.5. The molecule has 2 rings (SSSR count). The normalized spacial score (nSPS) is 19.3. The van der Waals surface area contributed by atoms with Crippen LogP contribution in [0.15, 0.2) is 5.16 Å². The van der Waals surface area contributed by atoms with Crippen LogP contribution in [-0.2, 0) is 9.53 Å². The summed E-state index contributed by atoms with van der Waals surface area (Å²) in [6, 6.07) is 0. The molecular formula is C12H20N4O2S. The Morgan fingerprint density at radius 2 is 2.53 bits per heavy atom. The molecule has 7 heteroatoms. The molecule has 6 nitrogen and oxygen atoms in total. The summed E-state index contributed by atoms with van der Waals surface area (Å²) < 4.78 is 5.36. The predicted octanol–water partition coefficient (Wildman–Crippen LogP) is 1.14. The second-order valence-electron chi connectivity index (χ2n) is 4.69. The Morgan fingerprint density at radius 1 is 1.63 bits per heavy atom. The second-order valence-corrected chi connectivity index (χ2v) is 5.75. The molecule has 19 heavy (non-hydrogen) atoms. The van der Waals surface area contributed by atoms with Crippen LogP contribution < -0.4 is 5.32 Å². The average Bonchev–Trinajstić information content (AvgIpc) is 2.82. The van der Waals surface area contributed by atoms with E-state index in [4.69, 9.17) is 4.74 Å². The van der Waals surface area contributed by atoms with Gasteiger partial charge in [0.1, 0.15) is 5.82 Å². The van der Waals surface area contributed by atoms with E-state index in [0.29, 0.717) is 18.9 Å². The van der Waals surface area contributed by atoms with Crippen LogP contribution in [0.1, 0.15) is 25.1 Å². The van der Waals surface area contributed by atoms with Gasteiger partial charge in [-0.05, 0) is 25.7 Å². The number of ether oxygens (including phenoxy) is 1. The van der Waals surface area contributed by atoms with Gasteiger partial charge in [-0.2, -0.15) is 0 Å². The van der Waals surface area contributed by atoms with Crippen LogP contribution in [0.2, 0.25) is 0 Å². The highest BCUT2D eigenvalue weighted by Gasteiger charge is 2.17. The Bertz CT molecular complexity index is 404. The zero-order valence-electron chi connectivity index (χ0n) is 11.1. The number of hydrogen-bond donors (Lipinski definition) is 2. The minimum absolute atomic E-state index is 0.113. The van der Waals surface area contributed by atoms with Gasteiger partial charge in [0.15, 0.2) is 0 Å². The number of thioether (sulfide) groups is 1. The van der Waals surface area contributed by atoms with E-state index in [0.717, 1.165) is 42.8 Å². The summed E-state index contributed by atoms with van der Waals surface area (Å²) in [6.45, 7) is 4.07. The maximum atomic E-state index is 11.7. The SMILES string of the molecule is Cc1nc(SCCNC(=O)C[C@H]2CCCOC2)n[nH]1. The molecule has 1 aromatic rings. The maximum absolute atomic E-state index is 11.7. The van der Waals surface area contributed by atoms with E-state index in [2.05, 4.69) is 20.5 Å². The van der Waals surface area contributed by atoms with E-state index in [1.54, 1.807) is 0 Å². The molecule has 0 bridgehead atoms. The number of carbonyl (C=O) groups excluding carboxylic acids is 1. The molecule has 0 spiro atoms. The number of aryl methyl sites for hydroxylation is 1. The standard InChI is InChI=1S/C12H20N4O2S/c1-9-14-12(16-15-9)19-6-4-13-11(17)7-10-3-2-5-18-8-10/h10H,2-8H2,1H3,(H,13,17)(H,14,15,16)/t10-/m1/s1. The van der Waals surface area contributed by atoms with Crippen molar-refractivity contribution in [3.05, 3.63) is 5.82 Å². The van der Waals surface area contributed by atoms with Gasteiger partial charge < -0.3 is 10.1 Å². The van der Waals surface area contributed by atoms with E-state index >= 15 is 0 Å². The second kappa shape index (κ2) is 7.49. The fourth-order valence-corrected chi connectivity index (χ4v) is 2.72. The molecule has 0 saturated carbocycles. The zero-order chi connectivity index (χ0) is 13.5. The van der Waals surface area contributed by atoms with Gasteiger partial charge in [0, 0.05) is 31.9 Å². The number of aromatic amines is 1. The lowest BCUT2D eigenvalue weighted by Crippen LogP contribution is -2.30. The van der Waals surface area contributed by atoms with Crippen LogP contribution in [0.3, 0.4) is 0 Å². The minimum Gasteiger partial charge on any atom is -0.381 e. The fourth-order valence-electron chi connectivity index (χ4n) is 2.02. The van der Waals surface area contributed by atoms with E-state index in [-0.39, 0.29) is 5.91 Å². The molecule has 106 valence electrons. The maximum Gasteiger partial charge on any atom is 0.220 e. The Morgan fingerprint density at radius 3 is 3.21 bits per heavy atom. The van der Waals surface area contributed by atoms with Gasteiger partial charge >= 0.3 is 0 Å². The highest BCUT2D eigenvalue weighted by molar-refractivity contribution is 7.99. The number of hydrogen-bond acceptors (Lipinski definition) is 5. The summed E-state index contributed by atoms with van der Waals surface area (Å²) in [4.78, 5) is 15.9. The molecule has 1 aliphatic rings. The number of nitrogens with one attached hydrogen (secondary N) is 2. The number of nitrogens with zero attached hydrogens (tertiary/aromatic N) is 2. The Kier molecular flexibility index (Phi) is 5.65. The molecule has 1 aliphatic heterocycles. The van der Waals surface area contributed by atoms with Crippen molar-refractivity contribution in [3.8, 4) is 0 Å². The smallest absolute Gasteiger partial charge is 0.220 e. The van der Waals surface area contributed by atoms with Crippen molar-refractivity contribution in [2.24, 2.45) is 5.92 Å². The molecule has 1 fully saturated rings. The van der Waals surface area contributed by atoms with Gasteiger partial charge in [0.25, 0.3) is 0 Å². The summed E-state index contributed by atoms with van der Waals surface area (Å²) in [5.41, 5.74) is 0. The number of aromatic nitrogens is 3. The third kappa shape index (κ3) is 5.20. The molecule has 0 aliphatic carbocycles. The van der Waals surface area contributed by atoms with Gasteiger partial charge in [-0.15, -0.1) is 5.10 Å². The first-order chi connectivity index (χ1) is 9.24. The van der Waals surface area contributed by atoms with Crippen LogP contribution in [0.4, 0.5) is 0 Å². The van der Waals surface area contributed by atoms with Gasteiger partial charge in [-0.3, -0.25) is 9.89 Å². The van der Waals surface area contributed by atoms with Gasteiger partial charge in [0.2, 0.25) is 11.1 Å². The van der Waals surface area contributed by atoms with Crippen molar-refractivity contribution in [2.45, 2.75) is 31.3 Å². The third-order valence-electron chi connectivity index (χ3n) is 2.96. The summed E-state index contributed by atoms with van der Waals surface area (Å²) in [5.74, 6) is 2.09. The Hall–Kier alpha value is -1.08. The van der Waals surface area contributed by atoms with E-state index in [1.165, 1.54) is 11.8 Å². The highest BCUT2D eigenvalue weighted by atomic mass is 32.2. The lowest BCUT2D eigenvalue weighted by Gasteiger charge is -2.21. The Balaban J connectivity index is 1.56. The van der Waals surface area contributed by atoms with Crippen molar-refractivity contribution in [1.82, 2.24) is 20.5 Å².